The lowest BCUT2D eigenvalue weighted by molar-refractivity contribution is -0.128. The van der Waals surface area contributed by atoms with Crippen LogP contribution >= 0.6 is 0 Å². The highest BCUT2D eigenvalue weighted by atomic mass is 16.3. The Kier molecular flexibility index (Phi) is 7.38. The topological polar surface area (TPSA) is 60.8 Å². The fourth-order valence-electron chi connectivity index (χ4n) is 5.78. The molecule has 5 atom stereocenters. The summed E-state index contributed by atoms with van der Waals surface area (Å²) in [6.07, 6.45) is 14.6. The summed E-state index contributed by atoms with van der Waals surface area (Å²) in [5, 5.41) is 21.0. The van der Waals surface area contributed by atoms with Gasteiger partial charge in [0, 0.05) is 20.5 Å². The molecule has 3 rings (SSSR count). The molecular formula is C23H39NO3. The van der Waals surface area contributed by atoms with Gasteiger partial charge in [-0.05, 0) is 81.5 Å². The Hall–Kier alpha value is -0.870. The first kappa shape index (κ1) is 20.9. The molecule has 0 unspecified atom stereocenters. The largest absolute Gasteiger partial charge is 0.393 e. The fraction of sp³-hybridized carbons (Fsp3) is 0.870. The van der Waals surface area contributed by atoms with E-state index in [0.717, 1.165) is 44.9 Å². The smallest absolute Gasteiger partial charge is 0.222 e. The van der Waals surface area contributed by atoms with Gasteiger partial charge < -0.3 is 15.1 Å². The van der Waals surface area contributed by atoms with Crippen LogP contribution < -0.4 is 0 Å². The number of carbonyl (C=O) groups excluding carboxylic acids is 1. The van der Waals surface area contributed by atoms with Crippen molar-refractivity contribution in [3.8, 4) is 0 Å². The number of unbranched alkanes of at least 4 members (excludes halogenated alkanes) is 1. The quantitative estimate of drug-likeness (QED) is 0.473. The monoisotopic (exact) mass is 377 g/mol. The van der Waals surface area contributed by atoms with Crippen molar-refractivity contribution in [2.45, 2.75) is 89.3 Å². The molecule has 0 spiro atoms. The number of aliphatic hydroxyl groups is 2. The van der Waals surface area contributed by atoms with E-state index in [0.29, 0.717) is 30.1 Å². The molecule has 3 aliphatic carbocycles. The third-order valence-corrected chi connectivity index (χ3v) is 7.43. The van der Waals surface area contributed by atoms with Crippen molar-refractivity contribution in [2.24, 2.45) is 23.7 Å². The minimum atomic E-state index is -0.189. The van der Waals surface area contributed by atoms with Crippen LogP contribution in [0.25, 0.3) is 0 Å². The summed E-state index contributed by atoms with van der Waals surface area (Å²) < 4.78 is 0. The second kappa shape index (κ2) is 9.56. The maximum Gasteiger partial charge on any atom is 0.222 e. The maximum absolute atomic E-state index is 11.7. The fourth-order valence-corrected chi connectivity index (χ4v) is 5.78. The number of amides is 1. The normalized spacial score (nSPS) is 31.8. The first-order chi connectivity index (χ1) is 13.0. The van der Waals surface area contributed by atoms with Crippen LogP contribution in [0.4, 0.5) is 0 Å². The highest BCUT2D eigenvalue weighted by Crippen LogP contribution is 2.49. The van der Waals surface area contributed by atoms with E-state index >= 15 is 0 Å². The van der Waals surface area contributed by atoms with E-state index in [1.54, 1.807) is 4.90 Å². The Balaban J connectivity index is 1.40. The minimum absolute atomic E-state index is 0.165. The average Bonchev–Trinajstić information content (AvgIpc) is 3.33. The van der Waals surface area contributed by atoms with Crippen LogP contribution in [-0.4, -0.2) is 47.3 Å². The van der Waals surface area contributed by atoms with Crippen LogP contribution in [0.2, 0.25) is 0 Å². The Morgan fingerprint density at radius 3 is 2.70 bits per heavy atom. The van der Waals surface area contributed by atoms with Gasteiger partial charge in [-0.3, -0.25) is 4.79 Å². The molecule has 4 nitrogen and oxygen atoms in total. The molecule has 2 saturated carbocycles. The molecule has 0 bridgehead atoms. The number of hydrogen-bond donors (Lipinski definition) is 2. The average molecular weight is 378 g/mol. The molecule has 2 fully saturated rings. The van der Waals surface area contributed by atoms with Gasteiger partial charge in [0.25, 0.3) is 0 Å². The highest BCUT2D eigenvalue weighted by Gasteiger charge is 2.44. The summed E-state index contributed by atoms with van der Waals surface area (Å²) in [6, 6.07) is 0. The van der Waals surface area contributed by atoms with E-state index in [1.165, 1.54) is 31.3 Å². The van der Waals surface area contributed by atoms with Gasteiger partial charge in [0.1, 0.15) is 0 Å². The summed E-state index contributed by atoms with van der Waals surface area (Å²) in [7, 11) is 3.64. The third-order valence-electron chi connectivity index (χ3n) is 7.43. The molecule has 154 valence electrons. The SMILES string of the molecule is CN(C)C(=O)CCCCC1=C[C@H]2C[C@@H](O)[C@H](CC[C@H](O)C3CCCC3)[C@H]2C1. The van der Waals surface area contributed by atoms with Crippen LogP contribution in [0, 0.1) is 23.7 Å². The van der Waals surface area contributed by atoms with Crippen molar-refractivity contribution in [1.82, 2.24) is 4.90 Å². The molecule has 1 amide bonds. The molecule has 0 aromatic rings. The predicted octanol–water partition coefficient (Wildman–Crippen LogP) is 3.91. The molecule has 3 aliphatic rings. The molecule has 27 heavy (non-hydrogen) atoms. The number of allylic oxidation sites excluding steroid dienone is 2. The van der Waals surface area contributed by atoms with Gasteiger partial charge in [0.15, 0.2) is 0 Å². The summed E-state index contributed by atoms with van der Waals surface area (Å²) in [5.41, 5.74) is 1.54. The van der Waals surface area contributed by atoms with E-state index in [9.17, 15) is 15.0 Å². The molecule has 0 heterocycles. The summed E-state index contributed by atoms with van der Waals surface area (Å²) >= 11 is 0. The summed E-state index contributed by atoms with van der Waals surface area (Å²) in [6.45, 7) is 0. The molecule has 0 radical (unpaired) electrons. The second-order valence-electron chi connectivity index (χ2n) is 9.51. The Morgan fingerprint density at radius 1 is 1.26 bits per heavy atom. The van der Waals surface area contributed by atoms with Gasteiger partial charge in [-0.15, -0.1) is 0 Å². The van der Waals surface area contributed by atoms with Crippen molar-refractivity contribution in [3.05, 3.63) is 11.6 Å². The lowest BCUT2D eigenvalue weighted by Gasteiger charge is -2.25. The number of hydrogen-bond acceptors (Lipinski definition) is 3. The number of aliphatic hydroxyl groups excluding tert-OH is 2. The lowest BCUT2D eigenvalue weighted by Crippen LogP contribution is -2.24. The predicted molar refractivity (Wildman–Crippen MR) is 108 cm³/mol. The van der Waals surface area contributed by atoms with E-state index in [4.69, 9.17) is 0 Å². The molecule has 0 aromatic carbocycles. The van der Waals surface area contributed by atoms with Crippen LogP contribution in [0.1, 0.15) is 77.0 Å². The van der Waals surface area contributed by atoms with Crippen molar-refractivity contribution < 1.29 is 15.0 Å². The number of carbonyl (C=O) groups is 1. The van der Waals surface area contributed by atoms with Gasteiger partial charge >= 0.3 is 0 Å². The van der Waals surface area contributed by atoms with Crippen LogP contribution in [0.5, 0.6) is 0 Å². The lowest BCUT2D eigenvalue weighted by atomic mass is 9.84. The van der Waals surface area contributed by atoms with Crippen molar-refractivity contribution in [3.63, 3.8) is 0 Å². The zero-order valence-corrected chi connectivity index (χ0v) is 17.3. The molecule has 0 aliphatic heterocycles. The number of rotatable bonds is 9. The Labute approximate surface area is 165 Å². The second-order valence-corrected chi connectivity index (χ2v) is 9.51. The van der Waals surface area contributed by atoms with Gasteiger partial charge in [-0.2, -0.15) is 0 Å². The summed E-state index contributed by atoms with van der Waals surface area (Å²) in [4.78, 5) is 13.3. The van der Waals surface area contributed by atoms with E-state index in [1.807, 2.05) is 14.1 Å². The van der Waals surface area contributed by atoms with Gasteiger partial charge in [-0.25, -0.2) is 0 Å². The Morgan fingerprint density at radius 2 is 2.00 bits per heavy atom. The van der Waals surface area contributed by atoms with Crippen LogP contribution in [0.3, 0.4) is 0 Å². The number of fused-ring (bicyclic) bond motifs is 1. The molecule has 2 N–H and O–H groups in total. The van der Waals surface area contributed by atoms with Gasteiger partial charge in [-0.1, -0.05) is 24.5 Å². The third kappa shape index (κ3) is 5.35. The standard InChI is InChI=1S/C23H39NO3/c1-24(2)23(27)10-6-3-7-16-13-18-15-22(26)19(20(18)14-16)11-12-21(25)17-8-4-5-9-17/h13,17-22,25-26H,3-12,14-15H2,1-2H3/t18-,19+,20-,21-,22+/m0/s1. The van der Waals surface area contributed by atoms with E-state index < -0.39 is 0 Å². The molecular weight excluding hydrogens is 338 g/mol. The van der Waals surface area contributed by atoms with Crippen molar-refractivity contribution >= 4 is 5.91 Å². The van der Waals surface area contributed by atoms with Gasteiger partial charge in [0.2, 0.25) is 5.91 Å². The zero-order valence-electron chi connectivity index (χ0n) is 17.3. The maximum atomic E-state index is 11.7. The van der Waals surface area contributed by atoms with Gasteiger partial charge in [0.05, 0.1) is 12.2 Å². The van der Waals surface area contributed by atoms with E-state index in [2.05, 4.69) is 6.08 Å². The number of nitrogens with zero attached hydrogens (tertiary/aromatic N) is 1. The zero-order chi connectivity index (χ0) is 19.4. The van der Waals surface area contributed by atoms with Crippen LogP contribution in [-0.2, 0) is 4.79 Å². The molecule has 0 aromatic heterocycles. The summed E-state index contributed by atoms with van der Waals surface area (Å²) in [5.74, 6) is 2.19. The molecule has 4 heteroatoms. The first-order valence-electron chi connectivity index (χ1n) is 11.2. The first-order valence-corrected chi connectivity index (χ1v) is 11.2. The molecule has 0 saturated heterocycles. The highest BCUT2D eigenvalue weighted by molar-refractivity contribution is 5.75. The van der Waals surface area contributed by atoms with Crippen LogP contribution in [0.15, 0.2) is 11.6 Å². The minimum Gasteiger partial charge on any atom is -0.393 e. The van der Waals surface area contributed by atoms with Crippen molar-refractivity contribution in [1.29, 1.82) is 0 Å². The Bertz CT molecular complexity index is 524. The van der Waals surface area contributed by atoms with E-state index in [-0.39, 0.29) is 18.1 Å². The van der Waals surface area contributed by atoms with Crippen molar-refractivity contribution in [2.75, 3.05) is 14.1 Å².